The zero-order valence-corrected chi connectivity index (χ0v) is 21.2. The summed E-state index contributed by atoms with van der Waals surface area (Å²) >= 11 is 0. The third-order valence-electron chi connectivity index (χ3n) is 6.11. The van der Waals surface area contributed by atoms with Crippen LogP contribution in [0.2, 0.25) is 0 Å². The molecule has 210 valence electrons. The number of hydrogen-bond donors (Lipinski definition) is 6. The van der Waals surface area contributed by atoms with E-state index in [2.05, 4.69) is 0 Å². The summed E-state index contributed by atoms with van der Waals surface area (Å²) in [6, 6.07) is 14.4. The number of aromatic hydroxyl groups is 5. The van der Waals surface area contributed by atoms with E-state index in [9.17, 15) is 25.5 Å². The first-order valence-electron chi connectivity index (χ1n) is 12.5. The normalized spacial score (nSPS) is 18.4. The summed E-state index contributed by atoms with van der Waals surface area (Å²) in [4.78, 5) is 0. The fourth-order valence-electron chi connectivity index (χ4n) is 4.31. The Bertz CT molecular complexity index is 1200. The van der Waals surface area contributed by atoms with Gasteiger partial charge in [0.25, 0.3) is 0 Å². The molecule has 11 nitrogen and oxygen atoms in total. The summed E-state index contributed by atoms with van der Waals surface area (Å²) in [5.41, 5.74) is 6.81. The average Bonchev–Trinajstić information content (AvgIpc) is 2.92. The Hall–Kier alpha value is -3.74. The van der Waals surface area contributed by atoms with E-state index in [0.29, 0.717) is 26.4 Å². The van der Waals surface area contributed by atoms with Crippen LogP contribution < -0.4 is 10.5 Å². The molecule has 3 atom stereocenters. The monoisotopic (exact) mass is 543 g/mol. The molecule has 1 heterocycles. The van der Waals surface area contributed by atoms with Crippen LogP contribution in [0.1, 0.15) is 28.9 Å². The van der Waals surface area contributed by atoms with E-state index in [0.717, 1.165) is 5.56 Å². The number of nitrogens with two attached hydrogens (primary N) is 1. The highest BCUT2D eigenvalue weighted by Crippen LogP contribution is 2.51. The first-order valence-corrected chi connectivity index (χ1v) is 12.5. The largest absolute Gasteiger partial charge is 0.508 e. The van der Waals surface area contributed by atoms with Crippen molar-refractivity contribution in [3.63, 3.8) is 0 Å². The van der Waals surface area contributed by atoms with Crippen LogP contribution in [0.15, 0.2) is 54.6 Å². The van der Waals surface area contributed by atoms with E-state index >= 15 is 0 Å². The summed E-state index contributed by atoms with van der Waals surface area (Å²) in [5.74, 6) is -2.14. The molecule has 3 aromatic rings. The summed E-state index contributed by atoms with van der Waals surface area (Å²) in [6.07, 6.45) is -2.78. The van der Waals surface area contributed by atoms with Gasteiger partial charge in [-0.1, -0.05) is 30.3 Å². The van der Waals surface area contributed by atoms with Gasteiger partial charge in [0.05, 0.1) is 45.2 Å². The van der Waals surface area contributed by atoms with Crippen molar-refractivity contribution in [2.75, 3.05) is 39.6 Å². The highest BCUT2D eigenvalue weighted by Gasteiger charge is 2.43. The second-order valence-corrected chi connectivity index (χ2v) is 8.89. The lowest BCUT2D eigenvalue weighted by Gasteiger charge is -2.39. The van der Waals surface area contributed by atoms with Crippen molar-refractivity contribution in [2.45, 2.75) is 24.9 Å². The molecule has 7 N–H and O–H groups in total. The van der Waals surface area contributed by atoms with Crippen molar-refractivity contribution in [1.82, 2.24) is 0 Å². The van der Waals surface area contributed by atoms with Gasteiger partial charge in [-0.2, -0.15) is 0 Å². The summed E-state index contributed by atoms with van der Waals surface area (Å²) < 4.78 is 29.5. The molecule has 0 fully saturated rings. The third kappa shape index (κ3) is 7.02. The number of fused-ring (bicyclic) bond motifs is 1. The van der Waals surface area contributed by atoms with Crippen molar-refractivity contribution >= 4 is 0 Å². The van der Waals surface area contributed by atoms with Crippen molar-refractivity contribution in [1.29, 1.82) is 0 Å². The summed E-state index contributed by atoms with van der Waals surface area (Å²) in [5, 5.41) is 51.1. The van der Waals surface area contributed by atoms with Gasteiger partial charge in [0.2, 0.25) is 0 Å². The lowest BCUT2D eigenvalue weighted by molar-refractivity contribution is -0.144. The predicted molar refractivity (Wildman–Crippen MR) is 139 cm³/mol. The molecule has 3 unspecified atom stereocenters. The maximum atomic E-state index is 10.8. The van der Waals surface area contributed by atoms with Crippen LogP contribution in [-0.4, -0.2) is 71.2 Å². The molecule has 39 heavy (non-hydrogen) atoms. The molecule has 4 rings (SSSR count). The van der Waals surface area contributed by atoms with Crippen LogP contribution in [0.3, 0.4) is 0 Å². The SMILES string of the molecule is NCCOCCOCCOC1c2c(O)cc(O)cc2OC(c2cc(O)c(O)c(O)c2)C1OCc1ccccc1. The molecular formula is C28H33NO10. The smallest absolute Gasteiger partial charge is 0.200 e. The maximum absolute atomic E-state index is 10.8. The maximum Gasteiger partial charge on any atom is 0.200 e. The van der Waals surface area contributed by atoms with Gasteiger partial charge in [-0.3, -0.25) is 0 Å². The van der Waals surface area contributed by atoms with Gasteiger partial charge in [-0.05, 0) is 17.7 Å². The van der Waals surface area contributed by atoms with E-state index in [-0.39, 0.29) is 48.2 Å². The van der Waals surface area contributed by atoms with E-state index < -0.39 is 35.6 Å². The fraction of sp³-hybridized carbons (Fsp3) is 0.357. The molecule has 1 aliphatic heterocycles. The lowest BCUT2D eigenvalue weighted by Crippen LogP contribution is -2.38. The van der Waals surface area contributed by atoms with Crippen molar-refractivity contribution in [2.24, 2.45) is 5.73 Å². The van der Waals surface area contributed by atoms with Crippen LogP contribution >= 0.6 is 0 Å². The highest BCUT2D eigenvalue weighted by molar-refractivity contribution is 5.55. The van der Waals surface area contributed by atoms with Crippen molar-refractivity contribution in [3.8, 4) is 34.5 Å². The van der Waals surface area contributed by atoms with Crippen molar-refractivity contribution in [3.05, 3.63) is 71.3 Å². The van der Waals surface area contributed by atoms with Crippen LogP contribution in [0.25, 0.3) is 0 Å². The zero-order chi connectivity index (χ0) is 27.8. The topological polar surface area (TPSA) is 173 Å². The number of benzene rings is 3. The molecule has 0 saturated heterocycles. The number of hydrogen-bond acceptors (Lipinski definition) is 11. The van der Waals surface area contributed by atoms with Gasteiger partial charge in [0.1, 0.15) is 29.5 Å². The number of ether oxygens (including phenoxy) is 5. The molecule has 11 heteroatoms. The van der Waals surface area contributed by atoms with Crippen LogP contribution in [0, 0.1) is 0 Å². The standard InChI is InChI=1S/C28H33NO10/c29-6-7-35-8-9-36-10-11-37-27-24-20(31)14-19(30)15-23(24)39-26(18-12-21(32)25(34)22(33)13-18)28(27)38-16-17-4-2-1-3-5-17/h1-5,12-15,26-28,30-34H,6-11,16,29H2. The Kier molecular flexibility index (Phi) is 9.69. The minimum atomic E-state index is -0.976. The number of rotatable bonds is 13. The van der Waals surface area contributed by atoms with Gasteiger partial charge in [-0.15, -0.1) is 0 Å². The second-order valence-electron chi connectivity index (χ2n) is 8.89. The summed E-state index contributed by atoms with van der Waals surface area (Å²) in [6.45, 7) is 2.08. The molecule has 3 aromatic carbocycles. The summed E-state index contributed by atoms with van der Waals surface area (Å²) in [7, 11) is 0. The molecular weight excluding hydrogens is 510 g/mol. The first kappa shape index (κ1) is 28.3. The Labute approximate surface area is 225 Å². The Morgan fingerprint density at radius 2 is 1.41 bits per heavy atom. The Morgan fingerprint density at radius 1 is 0.744 bits per heavy atom. The third-order valence-corrected chi connectivity index (χ3v) is 6.11. The predicted octanol–water partition coefficient (Wildman–Crippen LogP) is 2.98. The Balaban J connectivity index is 1.64. The van der Waals surface area contributed by atoms with Crippen LogP contribution in [-0.2, 0) is 25.6 Å². The van der Waals surface area contributed by atoms with Gasteiger partial charge in [-0.25, -0.2) is 0 Å². The molecule has 0 amide bonds. The molecule has 0 spiro atoms. The molecule has 0 radical (unpaired) electrons. The van der Waals surface area contributed by atoms with Crippen LogP contribution in [0.5, 0.6) is 34.5 Å². The van der Waals surface area contributed by atoms with Gasteiger partial charge in [0, 0.05) is 24.2 Å². The quantitative estimate of drug-likeness (QED) is 0.138. The molecule has 0 saturated carbocycles. The van der Waals surface area contributed by atoms with E-state index in [1.54, 1.807) is 0 Å². The van der Waals surface area contributed by atoms with Gasteiger partial charge in [0.15, 0.2) is 23.4 Å². The van der Waals surface area contributed by atoms with Crippen molar-refractivity contribution < 1.29 is 49.2 Å². The fourth-order valence-corrected chi connectivity index (χ4v) is 4.31. The van der Waals surface area contributed by atoms with E-state index in [4.69, 9.17) is 29.4 Å². The first-order chi connectivity index (χ1) is 18.9. The Morgan fingerprint density at radius 3 is 2.10 bits per heavy atom. The molecule has 0 bridgehead atoms. The molecule has 0 aliphatic carbocycles. The number of phenols is 5. The second kappa shape index (κ2) is 13.4. The molecule has 1 aliphatic rings. The minimum Gasteiger partial charge on any atom is -0.508 e. The molecule has 0 aromatic heterocycles. The highest BCUT2D eigenvalue weighted by atomic mass is 16.6. The van der Waals surface area contributed by atoms with E-state index in [1.807, 2.05) is 30.3 Å². The van der Waals surface area contributed by atoms with Crippen LogP contribution in [0.4, 0.5) is 0 Å². The van der Waals surface area contributed by atoms with Gasteiger partial charge < -0.3 is 55.0 Å². The minimum absolute atomic E-state index is 0.116. The van der Waals surface area contributed by atoms with E-state index in [1.165, 1.54) is 24.3 Å². The van der Waals surface area contributed by atoms with Gasteiger partial charge >= 0.3 is 0 Å². The lowest BCUT2D eigenvalue weighted by atomic mass is 9.90. The number of phenolic OH excluding ortho intramolecular Hbond substituents is 5. The average molecular weight is 544 g/mol. The zero-order valence-electron chi connectivity index (χ0n) is 21.2.